The highest BCUT2D eigenvalue weighted by molar-refractivity contribution is 6.30. The van der Waals surface area contributed by atoms with E-state index in [-0.39, 0.29) is 5.56 Å². The number of pyridine rings is 1. The van der Waals surface area contributed by atoms with Gasteiger partial charge in [0.1, 0.15) is 5.56 Å². The predicted octanol–water partition coefficient (Wildman–Crippen LogP) is 2.24. The van der Waals surface area contributed by atoms with Crippen LogP contribution in [0.25, 0.3) is 5.69 Å². The van der Waals surface area contributed by atoms with Gasteiger partial charge in [-0.1, -0.05) is 11.6 Å². The van der Waals surface area contributed by atoms with Gasteiger partial charge in [0, 0.05) is 11.9 Å². The highest BCUT2D eigenvalue weighted by Crippen LogP contribution is 2.19. The summed E-state index contributed by atoms with van der Waals surface area (Å²) in [6.45, 7) is 3.46. The molecular weight excluding hydrogens is 242 g/mol. The molecule has 88 valence electrons. The molecule has 1 N–H and O–H groups in total. The highest BCUT2D eigenvalue weighted by Gasteiger charge is 2.17. The van der Waals surface area contributed by atoms with Gasteiger partial charge >= 0.3 is 5.97 Å². The number of hydrogen-bond donors (Lipinski definition) is 1. The van der Waals surface area contributed by atoms with Crippen molar-refractivity contribution in [2.24, 2.45) is 0 Å². The molecule has 17 heavy (non-hydrogen) atoms. The lowest BCUT2D eigenvalue weighted by atomic mass is 10.1. The predicted molar refractivity (Wildman–Crippen MR) is 62.8 cm³/mol. The normalized spacial score (nSPS) is 10.5. The van der Waals surface area contributed by atoms with Crippen molar-refractivity contribution in [3.63, 3.8) is 0 Å². The third-order valence-electron chi connectivity index (χ3n) is 2.32. The SMILES string of the molecule is Cc1cc(-n2cc(Cl)cn2)c(C(=O)O)c(C)n1. The van der Waals surface area contributed by atoms with Gasteiger partial charge < -0.3 is 5.11 Å². The number of halogens is 1. The van der Waals surface area contributed by atoms with Gasteiger partial charge in [0.25, 0.3) is 0 Å². The Bertz CT molecular complexity index is 592. The van der Waals surface area contributed by atoms with Crippen molar-refractivity contribution in [1.29, 1.82) is 0 Å². The van der Waals surface area contributed by atoms with E-state index in [4.69, 9.17) is 11.6 Å². The summed E-state index contributed by atoms with van der Waals surface area (Å²) in [5.41, 5.74) is 1.79. The molecular formula is C11H10ClN3O2. The molecule has 2 aromatic rings. The number of hydrogen-bond acceptors (Lipinski definition) is 3. The molecule has 0 unspecified atom stereocenters. The first-order valence-corrected chi connectivity index (χ1v) is 5.29. The lowest BCUT2D eigenvalue weighted by Crippen LogP contribution is -2.10. The molecule has 0 aliphatic carbocycles. The summed E-state index contributed by atoms with van der Waals surface area (Å²) in [4.78, 5) is 15.4. The molecule has 0 amide bonds. The Kier molecular flexibility index (Phi) is 2.85. The minimum Gasteiger partial charge on any atom is -0.478 e. The van der Waals surface area contributed by atoms with Crippen molar-refractivity contribution < 1.29 is 9.90 Å². The minimum absolute atomic E-state index is 0.135. The maximum atomic E-state index is 11.2. The maximum absolute atomic E-state index is 11.2. The zero-order chi connectivity index (χ0) is 12.6. The fraction of sp³-hybridized carbons (Fsp3) is 0.182. The first kappa shape index (κ1) is 11.6. The molecule has 0 aliphatic rings. The smallest absolute Gasteiger partial charge is 0.339 e. The van der Waals surface area contributed by atoms with Gasteiger partial charge in [-0.05, 0) is 19.9 Å². The Morgan fingerprint density at radius 2 is 2.18 bits per heavy atom. The first-order chi connectivity index (χ1) is 7.99. The van der Waals surface area contributed by atoms with Crippen LogP contribution in [0.5, 0.6) is 0 Å². The fourth-order valence-corrected chi connectivity index (χ4v) is 1.82. The van der Waals surface area contributed by atoms with Crippen LogP contribution in [0.3, 0.4) is 0 Å². The van der Waals surface area contributed by atoms with E-state index in [0.717, 1.165) is 5.69 Å². The van der Waals surface area contributed by atoms with Crippen LogP contribution in [0, 0.1) is 13.8 Å². The van der Waals surface area contributed by atoms with Crippen LogP contribution in [0.2, 0.25) is 5.02 Å². The number of carbonyl (C=O) groups is 1. The molecule has 6 heteroatoms. The molecule has 5 nitrogen and oxygen atoms in total. The first-order valence-electron chi connectivity index (χ1n) is 4.91. The van der Waals surface area contributed by atoms with Gasteiger partial charge in [-0.15, -0.1) is 0 Å². The van der Waals surface area contributed by atoms with Crippen molar-refractivity contribution in [1.82, 2.24) is 14.8 Å². The second-order valence-corrected chi connectivity index (χ2v) is 4.09. The molecule has 0 spiro atoms. The van der Waals surface area contributed by atoms with Crippen molar-refractivity contribution in [2.45, 2.75) is 13.8 Å². The van der Waals surface area contributed by atoms with E-state index >= 15 is 0 Å². The Balaban J connectivity index is 2.71. The summed E-state index contributed by atoms with van der Waals surface area (Å²) in [5.74, 6) is -1.03. The summed E-state index contributed by atoms with van der Waals surface area (Å²) < 4.78 is 1.44. The van der Waals surface area contributed by atoms with E-state index in [0.29, 0.717) is 16.4 Å². The van der Waals surface area contributed by atoms with Crippen LogP contribution in [-0.2, 0) is 0 Å². The maximum Gasteiger partial charge on any atom is 0.339 e. The Labute approximate surface area is 103 Å². The number of carboxylic acid groups (broad SMARTS) is 1. The molecule has 0 fully saturated rings. The monoisotopic (exact) mass is 251 g/mol. The lowest BCUT2D eigenvalue weighted by molar-refractivity contribution is 0.0695. The van der Waals surface area contributed by atoms with Gasteiger partial charge in [-0.25, -0.2) is 9.48 Å². The molecule has 0 atom stereocenters. The largest absolute Gasteiger partial charge is 0.478 e. The molecule has 0 aliphatic heterocycles. The summed E-state index contributed by atoms with van der Waals surface area (Å²) in [7, 11) is 0. The van der Waals surface area contributed by atoms with Crippen LogP contribution in [0.4, 0.5) is 0 Å². The molecule has 2 aromatic heterocycles. The van der Waals surface area contributed by atoms with Crippen LogP contribution >= 0.6 is 11.6 Å². The van der Waals surface area contributed by atoms with E-state index < -0.39 is 5.97 Å². The van der Waals surface area contributed by atoms with Crippen LogP contribution in [-0.4, -0.2) is 25.8 Å². The van der Waals surface area contributed by atoms with E-state index in [1.165, 1.54) is 10.9 Å². The summed E-state index contributed by atoms with van der Waals surface area (Å²) >= 11 is 5.78. The van der Waals surface area contributed by atoms with Crippen molar-refractivity contribution in [3.8, 4) is 5.69 Å². The van der Waals surface area contributed by atoms with Gasteiger partial charge in [0.05, 0.1) is 22.6 Å². The molecule has 0 saturated carbocycles. The second-order valence-electron chi connectivity index (χ2n) is 3.65. The van der Waals surface area contributed by atoms with Crippen LogP contribution < -0.4 is 0 Å². The fourth-order valence-electron chi connectivity index (χ4n) is 1.69. The zero-order valence-corrected chi connectivity index (χ0v) is 10.1. The van der Waals surface area contributed by atoms with Gasteiger partial charge in [-0.2, -0.15) is 5.10 Å². The zero-order valence-electron chi connectivity index (χ0n) is 9.31. The average Bonchev–Trinajstić information content (AvgIpc) is 2.62. The van der Waals surface area contributed by atoms with Crippen molar-refractivity contribution in [3.05, 3.63) is 40.4 Å². The van der Waals surface area contributed by atoms with Crippen molar-refractivity contribution in [2.75, 3.05) is 0 Å². The number of nitrogens with zero attached hydrogens (tertiary/aromatic N) is 3. The average molecular weight is 252 g/mol. The van der Waals surface area contributed by atoms with E-state index in [1.54, 1.807) is 26.1 Å². The van der Waals surface area contributed by atoms with E-state index in [1.807, 2.05) is 0 Å². The molecule has 0 aromatic carbocycles. The summed E-state index contributed by atoms with van der Waals surface area (Å²) in [6.07, 6.45) is 3.01. The van der Waals surface area contributed by atoms with Gasteiger partial charge in [-0.3, -0.25) is 4.98 Å². The molecule has 0 saturated heterocycles. The minimum atomic E-state index is -1.03. The third kappa shape index (κ3) is 2.14. The molecule has 0 radical (unpaired) electrons. The highest BCUT2D eigenvalue weighted by atomic mass is 35.5. The Morgan fingerprint density at radius 3 is 2.71 bits per heavy atom. The number of aryl methyl sites for hydroxylation is 2. The quantitative estimate of drug-likeness (QED) is 0.889. The molecule has 2 rings (SSSR count). The summed E-state index contributed by atoms with van der Waals surface area (Å²) in [6, 6.07) is 1.67. The van der Waals surface area contributed by atoms with Crippen LogP contribution in [0.15, 0.2) is 18.5 Å². The van der Waals surface area contributed by atoms with E-state index in [2.05, 4.69) is 10.1 Å². The van der Waals surface area contributed by atoms with Crippen molar-refractivity contribution >= 4 is 17.6 Å². The number of aromatic carboxylic acids is 1. The standard InChI is InChI=1S/C11H10ClN3O2/c1-6-3-9(15-5-8(12)4-13-15)10(11(16)17)7(2)14-6/h3-5H,1-2H3,(H,16,17). The molecule has 0 bridgehead atoms. The van der Waals surface area contributed by atoms with Crippen LogP contribution in [0.1, 0.15) is 21.7 Å². The van der Waals surface area contributed by atoms with Gasteiger partial charge in [0.2, 0.25) is 0 Å². The molecule has 2 heterocycles. The number of carboxylic acids is 1. The third-order valence-corrected chi connectivity index (χ3v) is 2.51. The second kappa shape index (κ2) is 4.18. The number of aromatic nitrogens is 3. The van der Waals surface area contributed by atoms with E-state index in [9.17, 15) is 9.90 Å². The Morgan fingerprint density at radius 1 is 1.47 bits per heavy atom. The topological polar surface area (TPSA) is 68.0 Å². The van der Waals surface area contributed by atoms with Gasteiger partial charge in [0.15, 0.2) is 0 Å². The number of rotatable bonds is 2. The lowest BCUT2D eigenvalue weighted by Gasteiger charge is -2.09. The Hall–Kier alpha value is -1.88. The summed E-state index contributed by atoms with van der Waals surface area (Å²) in [5, 5.41) is 13.6.